The number of likely N-dealkylation sites (N-methyl/N-ethyl adjacent to an activating group) is 1. The van der Waals surface area contributed by atoms with Crippen LogP contribution >= 0.6 is 11.6 Å². The van der Waals surface area contributed by atoms with E-state index in [1.54, 1.807) is 7.11 Å². The highest BCUT2D eigenvalue weighted by molar-refractivity contribution is 6.17. The minimum atomic E-state index is -0.476. The first-order valence-electron chi connectivity index (χ1n) is 6.62. The number of fused-ring (bicyclic) bond motifs is 1. The third kappa shape index (κ3) is 3.49. The summed E-state index contributed by atoms with van der Waals surface area (Å²) >= 11 is 5.47. The number of aromatic nitrogens is 1. The van der Waals surface area contributed by atoms with E-state index in [4.69, 9.17) is 21.1 Å². The van der Waals surface area contributed by atoms with Gasteiger partial charge in [-0.1, -0.05) is 11.6 Å². The van der Waals surface area contributed by atoms with Crippen molar-refractivity contribution in [3.8, 4) is 5.75 Å². The largest absolute Gasteiger partial charge is 0.497 e. The lowest BCUT2D eigenvalue weighted by atomic mass is 10.1. The Kier molecular flexibility index (Phi) is 5.09. The van der Waals surface area contributed by atoms with E-state index >= 15 is 0 Å². The van der Waals surface area contributed by atoms with Gasteiger partial charge in [-0.3, -0.25) is 4.57 Å². The Morgan fingerprint density at radius 3 is 2.76 bits per heavy atom. The monoisotopic (exact) mass is 310 g/mol. The number of benzene rings is 1. The molecule has 0 aliphatic rings. The Balaban J connectivity index is 2.47. The van der Waals surface area contributed by atoms with Crippen molar-refractivity contribution in [1.29, 1.82) is 0 Å². The highest BCUT2D eigenvalue weighted by Gasteiger charge is 2.15. The smallest absolute Gasteiger partial charge is 0.419 e. The molecule has 0 amide bonds. The van der Waals surface area contributed by atoms with Gasteiger partial charge < -0.3 is 14.4 Å². The second-order valence-electron chi connectivity index (χ2n) is 4.98. The van der Waals surface area contributed by atoms with Gasteiger partial charge in [0, 0.05) is 18.1 Å². The van der Waals surface area contributed by atoms with E-state index in [0.717, 1.165) is 35.2 Å². The standard InChI is InChI=1S/C15H19ClN2O3/c1-17(2)7-6-11-9-18(15(19)21-10-16)14-5-4-12(20-3)8-13(11)14/h4-5,8-9H,6-7,10H2,1-3H3. The lowest BCUT2D eigenvalue weighted by molar-refractivity contribution is 0.167. The van der Waals surface area contributed by atoms with Crippen LogP contribution in [0.5, 0.6) is 5.75 Å². The highest BCUT2D eigenvalue weighted by atomic mass is 35.5. The van der Waals surface area contributed by atoms with Gasteiger partial charge in [-0.2, -0.15) is 0 Å². The second-order valence-corrected chi connectivity index (χ2v) is 5.20. The Bertz CT molecular complexity index is 637. The van der Waals surface area contributed by atoms with Gasteiger partial charge >= 0.3 is 6.09 Å². The maximum absolute atomic E-state index is 12.0. The molecule has 0 bridgehead atoms. The molecule has 0 spiro atoms. The summed E-state index contributed by atoms with van der Waals surface area (Å²) in [6.07, 6.45) is 2.16. The summed E-state index contributed by atoms with van der Waals surface area (Å²) in [4.78, 5) is 14.1. The van der Waals surface area contributed by atoms with Crippen molar-refractivity contribution in [2.45, 2.75) is 6.42 Å². The van der Waals surface area contributed by atoms with E-state index in [0.29, 0.717) is 0 Å². The zero-order chi connectivity index (χ0) is 15.4. The topological polar surface area (TPSA) is 43.7 Å². The Labute approximate surface area is 129 Å². The number of methoxy groups -OCH3 is 1. The van der Waals surface area contributed by atoms with E-state index < -0.39 is 6.09 Å². The Hall–Kier alpha value is -1.72. The van der Waals surface area contributed by atoms with Crippen LogP contribution in [0.15, 0.2) is 24.4 Å². The Morgan fingerprint density at radius 2 is 2.14 bits per heavy atom. The van der Waals surface area contributed by atoms with Crippen molar-refractivity contribution in [3.63, 3.8) is 0 Å². The van der Waals surface area contributed by atoms with E-state index in [2.05, 4.69) is 4.90 Å². The van der Waals surface area contributed by atoms with E-state index in [-0.39, 0.29) is 6.07 Å². The fourth-order valence-corrected chi connectivity index (χ4v) is 2.31. The van der Waals surface area contributed by atoms with Gasteiger partial charge in [0.25, 0.3) is 0 Å². The first kappa shape index (κ1) is 15.7. The molecule has 2 aromatic rings. The molecule has 0 saturated carbocycles. The summed E-state index contributed by atoms with van der Waals surface area (Å²) in [5.41, 5.74) is 1.86. The van der Waals surface area contributed by atoms with Crippen molar-refractivity contribution in [2.24, 2.45) is 0 Å². The minimum Gasteiger partial charge on any atom is -0.497 e. The normalized spacial score (nSPS) is 11.1. The van der Waals surface area contributed by atoms with Crippen molar-refractivity contribution >= 4 is 28.6 Å². The van der Waals surface area contributed by atoms with E-state index in [1.165, 1.54) is 4.57 Å². The van der Waals surface area contributed by atoms with Crippen LogP contribution in [0, 0.1) is 0 Å². The van der Waals surface area contributed by atoms with Gasteiger partial charge in [0.05, 0.1) is 12.6 Å². The predicted molar refractivity (Wildman–Crippen MR) is 83.3 cm³/mol. The molecule has 1 aromatic heterocycles. The zero-order valence-electron chi connectivity index (χ0n) is 12.4. The maximum atomic E-state index is 12.0. The van der Waals surface area contributed by atoms with Crippen LogP contribution in [-0.2, 0) is 11.2 Å². The molecule has 0 saturated heterocycles. The van der Waals surface area contributed by atoms with Crippen LogP contribution in [0.2, 0.25) is 0 Å². The van der Waals surface area contributed by atoms with Gasteiger partial charge in [0.2, 0.25) is 0 Å². The summed E-state index contributed by atoms with van der Waals surface area (Å²) in [5.74, 6) is 0.761. The molecule has 0 unspecified atom stereocenters. The number of ether oxygens (including phenoxy) is 2. The third-order valence-electron chi connectivity index (χ3n) is 3.30. The Morgan fingerprint density at radius 1 is 1.38 bits per heavy atom. The number of carbonyl (C=O) groups is 1. The molecule has 1 heterocycles. The summed E-state index contributed by atoms with van der Waals surface area (Å²) in [5, 5.41) is 0.989. The molecule has 6 heteroatoms. The maximum Gasteiger partial charge on any atom is 0.419 e. The average Bonchev–Trinajstić information content (AvgIpc) is 2.83. The van der Waals surface area contributed by atoms with Gasteiger partial charge in [0.15, 0.2) is 6.07 Å². The second kappa shape index (κ2) is 6.83. The molecule has 0 radical (unpaired) electrons. The molecule has 114 valence electrons. The molecule has 0 N–H and O–H groups in total. The molecule has 0 aliphatic heterocycles. The van der Waals surface area contributed by atoms with Crippen LogP contribution in [0.3, 0.4) is 0 Å². The number of hydrogen-bond acceptors (Lipinski definition) is 4. The number of carbonyl (C=O) groups excluding carboxylic acids is 1. The quantitative estimate of drug-likeness (QED) is 0.796. The molecule has 0 fully saturated rings. The first-order valence-corrected chi connectivity index (χ1v) is 7.16. The highest BCUT2D eigenvalue weighted by Crippen LogP contribution is 2.26. The van der Waals surface area contributed by atoms with Crippen molar-refractivity contribution in [2.75, 3.05) is 33.8 Å². The molecule has 1 aromatic carbocycles. The molecule has 0 atom stereocenters. The molecular weight excluding hydrogens is 292 g/mol. The van der Waals surface area contributed by atoms with Crippen LogP contribution in [0.1, 0.15) is 5.56 Å². The summed E-state index contributed by atoms with van der Waals surface area (Å²) in [6, 6.07) is 5.44. The van der Waals surface area contributed by atoms with Crippen LogP contribution in [0.4, 0.5) is 4.79 Å². The van der Waals surface area contributed by atoms with Crippen molar-refractivity contribution in [1.82, 2.24) is 9.47 Å². The average molecular weight is 311 g/mol. The van der Waals surface area contributed by atoms with Gasteiger partial charge in [-0.05, 0) is 44.3 Å². The van der Waals surface area contributed by atoms with Crippen LogP contribution < -0.4 is 4.74 Å². The fourth-order valence-electron chi connectivity index (χ4n) is 2.21. The van der Waals surface area contributed by atoms with Crippen molar-refractivity contribution in [3.05, 3.63) is 30.0 Å². The van der Waals surface area contributed by atoms with Crippen molar-refractivity contribution < 1.29 is 14.3 Å². The number of rotatable bonds is 5. The molecule has 2 rings (SSSR count). The molecule has 0 aliphatic carbocycles. The number of nitrogens with zero attached hydrogens (tertiary/aromatic N) is 2. The van der Waals surface area contributed by atoms with E-state index in [1.807, 2.05) is 38.5 Å². The number of hydrogen-bond donors (Lipinski definition) is 0. The lowest BCUT2D eigenvalue weighted by Gasteiger charge is -2.08. The van der Waals surface area contributed by atoms with E-state index in [9.17, 15) is 4.79 Å². The SMILES string of the molecule is COc1ccc2c(c1)c(CCN(C)C)cn2C(=O)OCCl. The fraction of sp³-hybridized carbons (Fsp3) is 0.400. The lowest BCUT2D eigenvalue weighted by Crippen LogP contribution is -2.15. The van der Waals surface area contributed by atoms with Crippen LogP contribution in [0.25, 0.3) is 10.9 Å². The zero-order valence-corrected chi connectivity index (χ0v) is 13.2. The summed E-state index contributed by atoms with van der Waals surface area (Å²) in [6.45, 7) is 0.890. The predicted octanol–water partition coefficient (Wildman–Crippen LogP) is 2.94. The molecule has 21 heavy (non-hydrogen) atoms. The molecular formula is C15H19ClN2O3. The molecule has 5 nitrogen and oxygen atoms in total. The summed E-state index contributed by atoms with van der Waals surface area (Å²) < 4.78 is 11.6. The summed E-state index contributed by atoms with van der Waals surface area (Å²) in [7, 11) is 5.66. The first-order chi connectivity index (χ1) is 10.1. The van der Waals surface area contributed by atoms with Crippen LogP contribution in [-0.4, -0.2) is 49.4 Å². The number of alkyl halides is 1. The minimum absolute atomic E-state index is 0.165. The van der Waals surface area contributed by atoms with Gasteiger partial charge in [-0.15, -0.1) is 0 Å². The third-order valence-corrected chi connectivity index (χ3v) is 3.41. The van der Waals surface area contributed by atoms with Gasteiger partial charge in [-0.25, -0.2) is 4.79 Å². The van der Waals surface area contributed by atoms with Gasteiger partial charge in [0.1, 0.15) is 5.75 Å². The number of halogens is 1.